The van der Waals surface area contributed by atoms with Crippen LogP contribution in [0.5, 0.6) is 0 Å². The molecule has 0 heterocycles. The van der Waals surface area contributed by atoms with Crippen LogP contribution in [0.4, 0.5) is 0 Å². The Morgan fingerprint density at radius 3 is 1.62 bits per heavy atom. The minimum Gasteiger partial charge on any atom is -0.273 e. The van der Waals surface area contributed by atoms with Crippen LogP contribution < -0.4 is 0 Å². The zero-order valence-corrected chi connectivity index (χ0v) is 8.58. The lowest BCUT2D eigenvalue weighted by Gasteiger charge is -2.27. The minimum atomic E-state index is -2.16. The summed E-state index contributed by atoms with van der Waals surface area (Å²) in [7, 11) is 0. The molecule has 0 aliphatic heterocycles. The van der Waals surface area contributed by atoms with Crippen molar-refractivity contribution in [2.75, 3.05) is 17.8 Å². The van der Waals surface area contributed by atoms with E-state index in [4.69, 9.17) is 0 Å². The molecule has 0 radical (unpaired) electrons. The van der Waals surface area contributed by atoms with Crippen LogP contribution in [0.3, 0.4) is 0 Å². The molecule has 1 nitrogen and oxygen atoms in total. The fraction of sp³-hybridized carbons (Fsp3) is 1.00. The van der Waals surface area contributed by atoms with Gasteiger partial charge in [-0.1, -0.05) is 20.1 Å². The van der Waals surface area contributed by atoms with Crippen LogP contribution in [0.1, 0.15) is 13.8 Å². The SMILES string of the molecule is CCS(C)(=O)(I)CC. The molecule has 0 saturated heterocycles. The van der Waals surface area contributed by atoms with Gasteiger partial charge < -0.3 is 0 Å². The van der Waals surface area contributed by atoms with Crippen LogP contribution in [0, 0.1) is 0 Å². The lowest BCUT2D eigenvalue weighted by atomic mass is 11.0. The Balaban J connectivity index is 4.25. The molecule has 0 spiro atoms. The smallest absolute Gasteiger partial charge is 0.00876 e. The molecular weight excluding hydrogens is 235 g/mol. The van der Waals surface area contributed by atoms with Crippen molar-refractivity contribution in [2.24, 2.45) is 0 Å². The van der Waals surface area contributed by atoms with Gasteiger partial charge in [0, 0.05) is 39.0 Å². The summed E-state index contributed by atoms with van der Waals surface area (Å²) in [5.74, 6) is 1.60. The van der Waals surface area contributed by atoms with Gasteiger partial charge in [0.2, 0.25) is 0 Å². The van der Waals surface area contributed by atoms with Crippen LogP contribution in [0.25, 0.3) is 0 Å². The molecule has 0 amide bonds. The molecule has 0 aliphatic carbocycles. The van der Waals surface area contributed by atoms with E-state index in [-0.39, 0.29) is 0 Å². The summed E-state index contributed by atoms with van der Waals surface area (Å²) >= 11 is 2.09. The van der Waals surface area contributed by atoms with Crippen molar-refractivity contribution in [1.82, 2.24) is 0 Å². The standard InChI is InChI=1S/C5H13IOS/c1-4-8(3,6,7)5-2/h4-5H2,1-3H3. The molecule has 0 bridgehead atoms. The second-order valence-corrected chi connectivity index (χ2v) is 14.0. The van der Waals surface area contributed by atoms with Gasteiger partial charge in [0.05, 0.1) is 0 Å². The predicted octanol–water partition coefficient (Wildman–Crippen LogP) is 1.83. The number of rotatable bonds is 2. The topological polar surface area (TPSA) is 17.1 Å². The molecule has 0 N–H and O–H groups in total. The van der Waals surface area contributed by atoms with Crippen molar-refractivity contribution < 1.29 is 4.21 Å². The van der Waals surface area contributed by atoms with Crippen molar-refractivity contribution in [3.63, 3.8) is 0 Å². The van der Waals surface area contributed by atoms with Gasteiger partial charge in [-0.2, -0.15) is 0 Å². The Hall–Kier alpha value is 0.880. The Labute approximate surface area is 63.2 Å². The quantitative estimate of drug-likeness (QED) is 0.538. The third kappa shape index (κ3) is 3.02. The molecule has 52 valence electrons. The fourth-order valence-corrected chi connectivity index (χ4v) is 0.612. The highest BCUT2D eigenvalue weighted by atomic mass is 127. The number of halogens is 1. The number of hydrogen-bond donors (Lipinski definition) is 0. The molecule has 0 aromatic carbocycles. The normalized spacial score (nSPS) is 17.2. The van der Waals surface area contributed by atoms with Crippen LogP contribution in [0.15, 0.2) is 0 Å². The Morgan fingerprint density at radius 1 is 1.38 bits per heavy atom. The van der Waals surface area contributed by atoms with Gasteiger partial charge in [0.25, 0.3) is 0 Å². The first kappa shape index (κ1) is 8.88. The Morgan fingerprint density at radius 2 is 1.62 bits per heavy atom. The third-order valence-corrected chi connectivity index (χ3v) is 8.06. The summed E-state index contributed by atoms with van der Waals surface area (Å²) in [6.07, 6.45) is -0.303. The molecule has 0 saturated carbocycles. The van der Waals surface area contributed by atoms with E-state index < -0.39 is 6.24 Å². The second-order valence-electron chi connectivity index (χ2n) is 2.20. The van der Waals surface area contributed by atoms with Gasteiger partial charge in [-0.25, -0.2) is 0 Å². The second kappa shape index (κ2) is 2.25. The largest absolute Gasteiger partial charge is 0.273 e. The van der Waals surface area contributed by atoms with E-state index in [0.29, 0.717) is 0 Å². The molecule has 0 fully saturated rings. The molecule has 0 atom stereocenters. The average Bonchev–Trinajstić information content (AvgIpc) is 1.68. The summed E-state index contributed by atoms with van der Waals surface area (Å²) < 4.78 is 11.5. The monoisotopic (exact) mass is 248 g/mol. The highest BCUT2D eigenvalue weighted by Crippen LogP contribution is 2.29. The van der Waals surface area contributed by atoms with Crippen LogP contribution in [-0.4, -0.2) is 22.0 Å². The average molecular weight is 248 g/mol. The van der Waals surface area contributed by atoms with E-state index in [9.17, 15) is 4.21 Å². The fourth-order valence-electron chi connectivity index (χ4n) is 0.204. The van der Waals surface area contributed by atoms with E-state index in [2.05, 4.69) is 21.2 Å². The Bertz CT molecular complexity index is 125. The minimum absolute atomic E-state index is 0.800. The summed E-state index contributed by atoms with van der Waals surface area (Å²) in [6, 6.07) is 0. The molecule has 0 unspecified atom stereocenters. The van der Waals surface area contributed by atoms with Gasteiger partial charge in [-0.05, 0) is 0 Å². The summed E-state index contributed by atoms with van der Waals surface area (Å²) in [5, 5.41) is 0. The molecular formula is C5H13IOS. The van der Waals surface area contributed by atoms with Gasteiger partial charge in [0.15, 0.2) is 0 Å². The molecule has 8 heavy (non-hydrogen) atoms. The zero-order chi connectivity index (χ0) is 6.86. The van der Waals surface area contributed by atoms with Crippen molar-refractivity contribution in [3.8, 4) is 0 Å². The summed E-state index contributed by atoms with van der Waals surface area (Å²) in [5.41, 5.74) is 0. The predicted molar refractivity (Wildman–Crippen MR) is 49.2 cm³/mol. The van der Waals surface area contributed by atoms with E-state index in [1.807, 2.05) is 20.1 Å². The van der Waals surface area contributed by atoms with Crippen molar-refractivity contribution in [2.45, 2.75) is 13.8 Å². The lowest BCUT2D eigenvalue weighted by molar-refractivity contribution is 0.674. The molecule has 0 aliphatic rings. The first-order chi connectivity index (χ1) is 3.39. The van der Waals surface area contributed by atoms with E-state index in [0.717, 1.165) is 11.5 Å². The van der Waals surface area contributed by atoms with Crippen LogP contribution in [0.2, 0.25) is 0 Å². The first-order valence-electron chi connectivity index (χ1n) is 2.72. The highest BCUT2D eigenvalue weighted by molar-refractivity contribution is 14.2. The molecule has 3 heteroatoms. The lowest BCUT2D eigenvalue weighted by Crippen LogP contribution is -2.27. The third-order valence-electron chi connectivity index (χ3n) is 1.44. The van der Waals surface area contributed by atoms with E-state index in [1.165, 1.54) is 0 Å². The summed E-state index contributed by atoms with van der Waals surface area (Å²) in [6.45, 7) is 3.95. The number of hydrogen-bond acceptors (Lipinski definition) is 1. The summed E-state index contributed by atoms with van der Waals surface area (Å²) in [4.78, 5) is 0. The van der Waals surface area contributed by atoms with E-state index in [1.54, 1.807) is 0 Å². The van der Waals surface area contributed by atoms with Crippen molar-refractivity contribution in [3.05, 3.63) is 0 Å². The highest BCUT2D eigenvalue weighted by Gasteiger charge is 2.21. The van der Waals surface area contributed by atoms with Gasteiger partial charge >= 0.3 is 0 Å². The molecule has 0 aromatic heterocycles. The van der Waals surface area contributed by atoms with Crippen molar-refractivity contribution in [1.29, 1.82) is 0 Å². The van der Waals surface area contributed by atoms with Crippen LogP contribution >= 0.6 is 21.2 Å². The van der Waals surface area contributed by atoms with Gasteiger partial charge in [-0.3, -0.25) is 4.21 Å². The van der Waals surface area contributed by atoms with Gasteiger partial charge in [0.1, 0.15) is 0 Å². The van der Waals surface area contributed by atoms with Crippen molar-refractivity contribution >= 4 is 27.4 Å². The van der Waals surface area contributed by atoms with Gasteiger partial charge in [-0.15, -0.1) is 0 Å². The first-order valence-corrected chi connectivity index (χ1v) is 7.98. The maximum absolute atomic E-state index is 11.5. The zero-order valence-electron chi connectivity index (χ0n) is 5.61. The maximum Gasteiger partial charge on any atom is 0.00876 e. The maximum atomic E-state index is 11.5. The van der Waals surface area contributed by atoms with E-state index >= 15 is 0 Å². The Kier molecular flexibility index (Phi) is 2.50. The molecule has 0 aromatic rings. The molecule has 0 rings (SSSR count). The van der Waals surface area contributed by atoms with Crippen LogP contribution in [-0.2, 0) is 6.24 Å².